The molecule has 0 aromatic carbocycles. The van der Waals surface area contributed by atoms with Gasteiger partial charge in [-0.25, -0.2) is 0 Å². The van der Waals surface area contributed by atoms with Crippen LogP contribution < -0.4 is 5.32 Å². The molecule has 0 spiro atoms. The van der Waals surface area contributed by atoms with Crippen LogP contribution in [0.4, 0.5) is 0 Å². The van der Waals surface area contributed by atoms with E-state index in [2.05, 4.69) is 5.32 Å². The molecule has 1 fully saturated rings. The van der Waals surface area contributed by atoms with Crippen LogP contribution in [0.25, 0.3) is 0 Å². The Balaban J connectivity index is 0.000000791. The maximum absolute atomic E-state index is 10.3. The van der Waals surface area contributed by atoms with Gasteiger partial charge in [0.25, 0.3) is 0 Å². The fourth-order valence-electron chi connectivity index (χ4n) is 1.58. The van der Waals surface area contributed by atoms with Crippen LogP contribution in [0.15, 0.2) is 0 Å². The third-order valence-corrected chi connectivity index (χ3v) is 2.10. The number of carbonyl (C=O) groups is 1. The predicted octanol–water partition coefficient (Wildman–Crippen LogP) is 0.781. The molecule has 0 radical (unpaired) electrons. The van der Waals surface area contributed by atoms with Crippen molar-refractivity contribution in [2.75, 3.05) is 26.7 Å². The molecule has 1 rings (SSSR count). The van der Waals surface area contributed by atoms with E-state index in [4.69, 9.17) is 5.11 Å². The van der Waals surface area contributed by atoms with E-state index in [1.165, 1.54) is 12.8 Å². The van der Waals surface area contributed by atoms with Crippen LogP contribution >= 0.6 is 0 Å². The minimum absolute atomic E-state index is 0.137. The maximum atomic E-state index is 10.3. The first-order chi connectivity index (χ1) is 6.68. The molecule has 1 unspecified atom stereocenters. The molecule has 0 aromatic rings. The first kappa shape index (κ1) is 13.4. The van der Waals surface area contributed by atoms with Crippen LogP contribution in [-0.2, 0) is 4.79 Å². The van der Waals surface area contributed by atoms with Crippen molar-refractivity contribution in [2.24, 2.45) is 0 Å². The van der Waals surface area contributed by atoms with Crippen LogP contribution in [-0.4, -0.2) is 48.7 Å². The second-order valence-corrected chi connectivity index (χ2v) is 3.38. The predicted molar refractivity (Wildman–Crippen MR) is 57.5 cm³/mol. The van der Waals surface area contributed by atoms with E-state index in [0.717, 1.165) is 13.1 Å². The lowest BCUT2D eigenvalue weighted by Gasteiger charge is -2.18. The highest BCUT2D eigenvalue weighted by molar-refractivity contribution is 5.68. The van der Waals surface area contributed by atoms with Crippen molar-refractivity contribution in [3.63, 3.8) is 0 Å². The average molecular weight is 202 g/mol. The molecule has 1 heterocycles. The third-order valence-electron chi connectivity index (χ3n) is 2.10. The molecule has 1 aliphatic heterocycles. The smallest absolute Gasteiger partial charge is 0.317 e. The number of hydrogen-bond acceptors (Lipinski definition) is 3. The zero-order valence-corrected chi connectivity index (χ0v) is 9.42. The second-order valence-electron chi connectivity index (χ2n) is 3.38. The molecule has 1 atom stereocenters. The molecule has 14 heavy (non-hydrogen) atoms. The van der Waals surface area contributed by atoms with Crippen LogP contribution in [0.5, 0.6) is 0 Å². The topological polar surface area (TPSA) is 52.6 Å². The normalized spacial score (nSPS) is 20.4. The quantitative estimate of drug-likeness (QED) is 0.707. The zero-order valence-electron chi connectivity index (χ0n) is 9.42. The van der Waals surface area contributed by atoms with Gasteiger partial charge >= 0.3 is 5.97 Å². The summed E-state index contributed by atoms with van der Waals surface area (Å²) in [5.41, 5.74) is 0. The summed E-state index contributed by atoms with van der Waals surface area (Å²) in [5.74, 6) is -0.754. The fourth-order valence-corrected chi connectivity index (χ4v) is 1.58. The van der Waals surface area contributed by atoms with Crippen LogP contribution in [0.2, 0.25) is 0 Å². The van der Waals surface area contributed by atoms with Crippen molar-refractivity contribution in [1.82, 2.24) is 10.2 Å². The Morgan fingerprint density at radius 2 is 2.21 bits per heavy atom. The van der Waals surface area contributed by atoms with Gasteiger partial charge < -0.3 is 10.4 Å². The van der Waals surface area contributed by atoms with E-state index >= 15 is 0 Å². The van der Waals surface area contributed by atoms with Gasteiger partial charge in [-0.2, -0.15) is 0 Å². The van der Waals surface area contributed by atoms with Gasteiger partial charge in [0.1, 0.15) is 0 Å². The average Bonchev–Trinajstić information content (AvgIpc) is 2.59. The number of hydrogen-bond donors (Lipinski definition) is 2. The molecule has 0 bridgehead atoms. The monoisotopic (exact) mass is 202 g/mol. The number of carboxylic acid groups (broad SMARTS) is 1. The Hall–Kier alpha value is -0.610. The highest BCUT2D eigenvalue weighted by atomic mass is 16.4. The van der Waals surface area contributed by atoms with Crippen LogP contribution in [0.1, 0.15) is 26.7 Å². The Bertz CT molecular complexity index is 156. The minimum atomic E-state index is -0.754. The van der Waals surface area contributed by atoms with Gasteiger partial charge in [-0.15, -0.1) is 0 Å². The molecule has 84 valence electrons. The summed E-state index contributed by atoms with van der Waals surface area (Å²) in [4.78, 5) is 12.2. The van der Waals surface area contributed by atoms with Crippen molar-refractivity contribution < 1.29 is 9.90 Å². The van der Waals surface area contributed by atoms with E-state index in [1.54, 1.807) is 0 Å². The first-order valence-electron chi connectivity index (χ1n) is 5.32. The number of rotatable bonds is 4. The summed E-state index contributed by atoms with van der Waals surface area (Å²) in [7, 11) is 1.84. The molecule has 4 heteroatoms. The van der Waals surface area contributed by atoms with Crippen molar-refractivity contribution in [3.05, 3.63) is 0 Å². The van der Waals surface area contributed by atoms with Gasteiger partial charge in [-0.3, -0.25) is 9.69 Å². The molecule has 0 saturated carbocycles. The van der Waals surface area contributed by atoms with Gasteiger partial charge in [0.2, 0.25) is 0 Å². The largest absolute Gasteiger partial charge is 0.480 e. The Morgan fingerprint density at radius 1 is 1.57 bits per heavy atom. The third kappa shape index (κ3) is 5.94. The first-order valence-corrected chi connectivity index (χ1v) is 5.32. The van der Waals surface area contributed by atoms with E-state index in [-0.39, 0.29) is 6.54 Å². The number of nitrogens with one attached hydrogen (secondary N) is 1. The van der Waals surface area contributed by atoms with Crippen molar-refractivity contribution in [2.45, 2.75) is 32.7 Å². The molecular weight excluding hydrogens is 180 g/mol. The van der Waals surface area contributed by atoms with Crippen LogP contribution in [0, 0.1) is 0 Å². The van der Waals surface area contributed by atoms with Gasteiger partial charge in [0.15, 0.2) is 0 Å². The summed E-state index contributed by atoms with van der Waals surface area (Å²) in [6.07, 6.45) is 2.38. The fraction of sp³-hybridized carbons (Fsp3) is 0.900. The van der Waals surface area contributed by atoms with E-state index < -0.39 is 5.97 Å². The zero-order chi connectivity index (χ0) is 11.0. The number of nitrogens with zero attached hydrogens (tertiary/aromatic N) is 1. The molecule has 1 saturated heterocycles. The Kier molecular flexibility index (Phi) is 7.42. The number of likely N-dealkylation sites (N-methyl/N-ethyl adjacent to an activating group) is 1. The molecule has 1 aliphatic rings. The second kappa shape index (κ2) is 7.76. The van der Waals surface area contributed by atoms with E-state index in [1.807, 2.05) is 25.8 Å². The summed E-state index contributed by atoms with van der Waals surface area (Å²) in [5, 5.41) is 11.8. The van der Waals surface area contributed by atoms with Crippen LogP contribution in [0.3, 0.4) is 0 Å². The molecular formula is C10H22N2O2. The molecule has 2 N–H and O–H groups in total. The molecule has 4 nitrogen and oxygen atoms in total. The van der Waals surface area contributed by atoms with Gasteiger partial charge in [0.05, 0.1) is 6.54 Å². The highest BCUT2D eigenvalue weighted by Crippen LogP contribution is 2.05. The van der Waals surface area contributed by atoms with Crippen molar-refractivity contribution >= 4 is 5.97 Å². The lowest BCUT2D eigenvalue weighted by Crippen LogP contribution is -2.37. The number of carboxylic acids is 1. The lowest BCUT2D eigenvalue weighted by molar-refractivity contribution is -0.138. The SMILES string of the molecule is CC.CN(CC(=O)O)CC1CCCN1. The van der Waals surface area contributed by atoms with Crippen molar-refractivity contribution in [3.8, 4) is 0 Å². The summed E-state index contributed by atoms with van der Waals surface area (Å²) in [6, 6.07) is 0.495. The lowest BCUT2D eigenvalue weighted by atomic mass is 10.2. The Labute approximate surface area is 86.3 Å². The van der Waals surface area contributed by atoms with Crippen molar-refractivity contribution in [1.29, 1.82) is 0 Å². The highest BCUT2D eigenvalue weighted by Gasteiger charge is 2.16. The minimum Gasteiger partial charge on any atom is -0.480 e. The maximum Gasteiger partial charge on any atom is 0.317 e. The summed E-state index contributed by atoms with van der Waals surface area (Å²) in [6.45, 7) is 6.05. The number of aliphatic carboxylic acids is 1. The standard InChI is InChI=1S/C8H16N2O2.C2H6/c1-10(6-8(11)12)5-7-3-2-4-9-7;1-2/h7,9H,2-6H2,1H3,(H,11,12);1-2H3. The molecule has 0 aromatic heterocycles. The van der Waals surface area contributed by atoms with Gasteiger partial charge in [-0.1, -0.05) is 13.8 Å². The van der Waals surface area contributed by atoms with Gasteiger partial charge in [0, 0.05) is 12.6 Å². The summed E-state index contributed by atoms with van der Waals surface area (Å²) >= 11 is 0. The Morgan fingerprint density at radius 3 is 2.64 bits per heavy atom. The van der Waals surface area contributed by atoms with E-state index in [0.29, 0.717) is 6.04 Å². The van der Waals surface area contributed by atoms with E-state index in [9.17, 15) is 4.79 Å². The molecule has 0 aliphatic carbocycles. The summed E-state index contributed by atoms with van der Waals surface area (Å²) < 4.78 is 0. The van der Waals surface area contributed by atoms with Gasteiger partial charge in [-0.05, 0) is 26.4 Å². The molecule has 0 amide bonds.